The van der Waals surface area contributed by atoms with E-state index in [9.17, 15) is 9.18 Å². The van der Waals surface area contributed by atoms with Crippen molar-refractivity contribution in [2.75, 3.05) is 5.32 Å². The minimum atomic E-state index is -0.365. The third kappa shape index (κ3) is 3.77. The predicted octanol–water partition coefficient (Wildman–Crippen LogP) is 3.12. The van der Waals surface area contributed by atoms with Crippen LogP contribution >= 0.6 is 0 Å². The van der Waals surface area contributed by atoms with E-state index in [1.54, 1.807) is 13.0 Å². The second-order valence-corrected chi connectivity index (χ2v) is 5.61. The highest BCUT2D eigenvalue weighted by atomic mass is 19.1. The number of amides is 1. The van der Waals surface area contributed by atoms with Gasteiger partial charge in [0, 0.05) is 17.6 Å². The largest absolute Gasteiger partial charge is 0.326 e. The van der Waals surface area contributed by atoms with Crippen LogP contribution in [-0.4, -0.2) is 11.4 Å². The quantitative estimate of drug-likeness (QED) is 0.881. The van der Waals surface area contributed by atoms with Crippen LogP contribution in [0.4, 0.5) is 10.1 Å². The highest BCUT2D eigenvalue weighted by Gasteiger charge is 2.30. The van der Waals surface area contributed by atoms with Gasteiger partial charge >= 0.3 is 0 Å². The lowest BCUT2D eigenvalue weighted by molar-refractivity contribution is -0.117. The smallest absolute Gasteiger partial charge is 0.226 e. The maximum absolute atomic E-state index is 13.0. The number of aryl methyl sites for hydroxylation is 1. The molecule has 1 aliphatic carbocycles. The first-order valence-electron chi connectivity index (χ1n) is 6.83. The molecule has 3 nitrogen and oxygen atoms in total. The molecule has 0 bridgehead atoms. The van der Waals surface area contributed by atoms with Crippen LogP contribution in [0, 0.1) is 12.7 Å². The maximum atomic E-state index is 13.0. The van der Waals surface area contributed by atoms with E-state index in [2.05, 4.69) is 5.32 Å². The first-order valence-corrected chi connectivity index (χ1v) is 6.83. The van der Waals surface area contributed by atoms with Gasteiger partial charge in [-0.25, -0.2) is 4.39 Å². The Labute approximate surface area is 113 Å². The molecule has 0 aliphatic heterocycles. The normalized spacial score (nSPS) is 18.1. The standard InChI is InChI=1S/C15H21FN2O/c1-11-9-12(16)5-6-13(11)18-14(19)10-15(17)7-3-2-4-8-15/h5-6,9H,2-4,7-8,10,17H2,1H3,(H,18,19). The fraction of sp³-hybridized carbons (Fsp3) is 0.533. The minimum Gasteiger partial charge on any atom is -0.326 e. The van der Waals surface area contributed by atoms with Gasteiger partial charge < -0.3 is 11.1 Å². The number of nitrogens with two attached hydrogens (primary N) is 1. The summed E-state index contributed by atoms with van der Waals surface area (Å²) in [6, 6.07) is 4.35. The van der Waals surface area contributed by atoms with Crippen molar-refractivity contribution in [1.29, 1.82) is 0 Å². The molecule has 1 aromatic rings. The molecule has 104 valence electrons. The number of hydrogen-bond acceptors (Lipinski definition) is 2. The lowest BCUT2D eigenvalue weighted by Gasteiger charge is -2.32. The van der Waals surface area contributed by atoms with Crippen LogP contribution < -0.4 is 11.1 Å². The van der Waals surface area contributed by atoms with Crippen molar-refractivity contribution in [2.24, 2.45) is 5.73 Å². The lowest BCUT2D eigenvalue weighted by Crippen LogP contribution is -2.44. The minimum absolute atomic E-state index is 0.0842. The summed E-state index contributed by atoms with van der Waals surface area (Å²) in [7, 11) is 0. The summed E-state index contributed by atoms with van der Waals surface area (Å²) in [5.41, 5.74) is 7.27. The van der Waals surface area contributed by atoms with Gasteiger partial charge in [0.05, 0.1) is 0 Å². The molecule has 0 aromatic heterocycles. The Kier molecular flexibility index (Phi) is 4.20. The van der Waals surface area contributed by atoms with Gasteiger partial charge in [0.15, 0.2) is 0 Å². The van der Waals surface area contributed by atoms with Gasteiger partial charge in [-0.3, -0.25) is 4.79 Å². The molecule has 0 atom stereocenters. The van der Waals surface area contributed by atoms with Crippen molar-refractivity contribution < 1.29 is 9.18 Å². The Morgan fingerprint density at radius 1 is 1.37 bits per heavy atom. The third-order valence-electron chi connectivity index (χ3n) is 3.82. The molecule has 1 amide bonds. The summed E-state index contributed by atoms with van der Waals surface area (Å²) in [6.45, 7) is 1.78. The van der Waals surface area contributed by atoms with Gasteiger partial charge in [-0.1, -0.05) is 19.3 Å². The van der Waals surface area contributed by atoms with Gasteiger partial charge in [0.25, 0.3) is 0 Å². The summed E-state index contributed by atoms with van der Waals surface area (Å²) >= 11 is 0. The third-order valence-corrected chi connectivity index (χ3v) is 3.82. The first-order chi connectivity index (χ1) is 8.98. The molecule has 0 unspecified atom stereocenters. The zero-order valence-electron chi connectivity index (χ0n) is 11.3. The van der Waals surface area contributed by atoms with Crippen molar-refractivity contribution >= 4 is 11.6 Å². The van der Waals surface area contributed by atoms with E-state index in [0.717, 1.165) is 31.2 Å². The fourth-order valence-corrected chi connectivity index (χ4v) is 2.71. The molecular formula is C15H21FN2O. The first kappa shape index (κ1) is 14.0. The van der Waals surface area contributed by atoms with Gasteiger partial charge in [-0.2, -0.15) is 0 Å². The van der Waals surface area contributed by atoms with Crippen LogP contribution in [0.15, 0.2) is 18.2 Å². The number of rotatable bonds is 3. The molecule has 1 fully saturated rings. The van der Waals surface area contributed by atoms with Crippen LogP contribution in [0.3, 0.4) is 0 Å². The van der Waals surface area contributed by atoms with Crippen LogP contribution in [0.1, 0.15) is 44.1 Å². The fourth-order valence-electron chi connectivity index (χ4n) is 2.71. The van der Waals surface area contributed by atoms with Crippen LogP contribution in [0.25, 0.3) is 0 Å². The highest BCUT2D eigenvalue weighted by Crippen LogP contribution is 2.29. The van der Waals surface area contributed by atoms with Crippen molar-refractivity contribution in [2.45, 2.75) is 51.0 Å². The average molecular weight is 264 g/mol. The maximum Gasteiger partial charge on any atom is 0.226 e. The van der Waals surface area contributed by atoms with Crippen LogP contribution in [0.5, 0.6) is 0 Å². The summed E-state index contributed by atoms with van der Waals surface area (Å²) in [6.07, 6.45) is 5.55. The number of hydrogen-bond donors (Lipinski definition) is 2. The van der Waals surface area contributed by atoms with E-state index in [1.807, 2.05) is 0 Å². The van der Waals surface area contributed by atoms with Gasteiger partial charge in [-0.05, 0) is 43.5 Å². The monoisotopic (exact) mass is 264 g/mol. The predicted molar refractivity (Wildman–Crippen MR) is 74.4 cm³/mol. The van der Waals surface area contributed by atoms with E-state index in [1.165, 1.54) is 18.6 Å². The van der Waals surface area contributed by atoms with Crippen molar-refractivity contribution in [1.82, 2.24) is 0 Å². The molecule has 0 saturated heterocycles. The molecule has 0 heterocycles. The Morgan fingerprint density at radius 2 is 2.05 bits per heavy atom. The molecule has 1 aliphatic rings. The Morgan fingerprint density at radius 3 is 2.68 bits per heavy atom. The molecule has 2 rings (SSSR count). The van der Waals surface area contributed by atoms with Gasteiger partial charge in [0.2, 0.25) is 5.91 Å². The number of halogens is 1. The molecular weight excluding hydrogens is 243 g/mol. The highest BCUT2D eigenvalue weighted by molar-refractivity contribution is 5.92. The lowest BCUT2D eigenvalue weighted by atomic mass is 9.80. The molecule has 3 N–H and O–H groups in total. The number of nitrogens with one attached hydrogen (secondary N) is 1. The Hall–Kier alpha value is -1.42. The number of carbonyl (C=O) groups is 1. The van der Waals surface area contributed by atoms with Crippen LogP contribution in [0.2, 0.25) is 0 Å². The second kappa shape index (κ2) is 5.70. The molecule has 0 spiro atoms. The van der Waals surface area contributed by atoms with Crippen molar-refractivity contribution in [3.8, 4) is 0 Å². The molecule has 1 saturated carbocycles. The molecule has 1 aromatic carbocycles. The topological polar surface area (TPSA) is 55.1 Å². The van der Waals surface area contributed by atoms with Crippen molar-refractivity contribution in [3.63, 3.8) is 0 Å². The van der Waals surface area contributed by atoms with E-state index < -0.39 is 0 Å². The van der Waals surface area contributed by atoms with Gasteiger partial charge in [0.1, 0.15) is 5.82 Å². The summed E-state index contributed by atoms with van der Waals surface area (Å²) in [5, 5.41) is 2.82. The summed E-state index contributed by atoms with van der Waals surface area (Å²) < 4.78 is 13.0. The van der Waals surface area contributed by atoms with E-state index in [-0.39, 0.29) is 17.3 Å². The number of benzene rings is 1. The van der Waals surface area contributed by atoms with E-state index in [0.29, 0.717) is 12.1 Å². The Balaban J connectivity index is 1.97. The Bertz CT molecular complexity index is 467. The summed E-state index contributed by atoms with van der Waals surface area (Å²) in [4.78, 5) is 12.0. The molecule has 19 heavy (non-hydrogen) atoms. The average Bonchev–Trinajstić information content (AvgIpc) is 2.33. The summed E-state index contributed by atoms with van der Waals surface area (Å²) in [5.74, 6) is -0.378. The molecule has 0 radical (unpaired) electrons. The van der Waals surface area contributed by atoms with Gasteiger partial charge in [-0.15, -0.1) is 0 Å². The van der Waals surface area contributed by atoms with E-state index in [4.69, 9.17) is 5.73 Å². The zero-order valence-corrected chi connectivity index (χ0v) is 11.3. The zero-order chi connectivity index (χ0) is 13.9. The van der Waals surface area contributed by atoms with Crippen LogP contribution in [-0.2, 0) is 4.79 Å². The molecule has 4 heteroatoms. The number of anilines is 1. The van der Waals surface area contributed by atoms with E-state index >= 15 is 0 Å². The number of carbonyl (C=O) groups excluding carboxylic acids is 1. The van der Waals surface area contributed by atoms with Crippen molar-refractivity contribution in [3.05, 3.63) is 29.6 Å². The second-order valence-electron chi connectivity index (χ2n) is 5.61. The SMILES string of the molecule is Cc1cc(F)ccc1NC(=O)CC1(N)CCCCC1.